The van der Waals surface area contributed by atoms with Crippen molar-refractivity contribution in [3.8, 4) is 0 Å². The summed E-state index contributed by atoms with van der Waals surface area (Å²) >= 11 is 0. The molecule has 2 amide bonds. The van der Waals surface area contributed by atoms with Gasteiger partial charge in [-0.15, -0.1) is 0 Å². The van der Waals surface area contributed by atoms with Gasteiger partial charge in [-0.2, -0.15) is 13.2 Å². The number of hydrogen-bond donors (Lipinski definition) is 2. The molecule has 0 aliphatic carbocycles. The molecule has 3 N–H and O–H groups in total. The van der Waals surface area contributed by atoms with E-state index in [4.69, 9.17) is 5.73 Å². The third-order valence-electron chi connectivity index (χ3n) is 4.97. The van der Waals surface area contributed by atoms with Crippen LogP contribution in [0.25, 0.3) is 0 Å². The molecule has 3 aromatic heterocycles. The van der Waals surface area contributed by atoms with Crippen LogP contribution in [0.4, 0.5) is 29.1 Å². The van der Waals surface area contributed by atoms with Gasteiger partial charge in [-0.1, -0.05) is 0 Å². The van der Waals surface area contributed by atoms with Crippen LogP contribution in [-0.4, -0.2) is 31.7 Å². The molecule has 0 saturated carbocycles. The second kappa shape index (κ2) is 9.81. The monoisotopic (exact) mass is 476 g/mol. The van der Waals surface area contributed by atoms with Crippen molar-refractivity contribution >= 4 is 23.3 Å². The molecule has 0 spiro atoms. The molecule has 3 aromatic rings. The Morgan fingerprint density at radius 2 is 1.88 bits per heavy atom. The van der Waals surface area contributed by atoms with Gasteiger partial charge in [-0.25, -0.2) is 9.37 Å². The summed E-state index contributed by atoms with van der Waals surface area (Å²) in [5.74, 6) is -2.61. The van der Waals surface area contributed by atoms with E-state index in [-0.39, 0.29) is 29.4 Å². The van der Waals surface area contributed by atoms with E-state index in [1.54, 1.807) is 6.92 Å². The number of nitrogens with one attached hydrogen (secondary N) is 1. The number of aryl methyl sites for hydroxylation is 1. The largest absolute Gasteiger partial charge is 0.417 e. The molecule has 0 aromatic carbocycles. The number of anilines is 2. The van der Waals surface area contributed by atoms with Crippen molar-refractivity contribution < 1.29 is 27.2 Å². The molecule has 3 heterocycles. The van der Waals surface area contributed by atoms with Gasteiger partial charge < -0.3 is 16.0 Å². The number of aromatic nitrogens is 3. The molecule has 0 bridgehead atoms. The van der Waals surface area contributed by atoms with E-state index in [2.05, 4.69) is 20.3 Å². The van der Waals surface area contributed by atoms with Crippen LogP contribution in [0, 0.1) is 12.7 Å². The maximum Gasteiger partial charge on any atom is 0.417 e. The number of rotatable bonds is 5. The average molecular weight is 476 g/mol. The summed E-state index contributed by atoms with van der Waals surface area (Å²) in [6.45, 7) is 2.73. The third kappa shape index (κ3) is 5.63. The van der Waals surface area contributed by atoms with Crippen LogP contribution in [0.15, 0.2) is 48.9 Å². The highest BCUT2D eigenvalue weighted by atomic mass is 19.4. The number of carbonyl (C=O) groups is 2. The number of carbonyl (C=O) groups excluding carboxylic acids is 2. The Labute approximate surface area is 191 Å². The second-order valence-corrected chi connectivity index (χ2v) is 7.40. The third-order valence-corrected chi connectivity index (χ3v) is 4.97. The number of amides is 2. The second-order valence-electron chi connectivity index (χ2n) is 7.40. The molecule has 0 unspecified atom stereocenters. The van der Waals surface area contributed by atoms with E-state index in [1.165, 1.54) is 31.5 Å². The van der Waals surface area contributed by atoms with Gasteiger partial charge in [0, 0.05) is 12.4 Å². The smallest absolute Gasteiger partial charge is 0.383 e. The van der Waals surface area contributed by atoms with Gasteiger partial charge in [0.1, 0.15) is 11.6 Å². The van der Waals surface area contributed by atoms with Crippen molar-refractivity contribution in [3.63, 3.8) is 0 Å². The van der Waals surface area contributed by atoms with Crippen LogP contribution < -0.4 is 11.1 Å². The number of halogens is 4. The molecule has 12 heteroatoms. The van der Waals surface area contributed by atoms with Crippen molar-refractivity contribution in [2.75, 3.05) is 11.1 Å². The lowest BCUT2D eigenvalue weighted by molar-refractivity contribution is -0.145. The summed E-state index contributed by atoms with van der Waals surface area (Å²) in [7, 11) is 0. The number of nitrogens with two attached hydrogens (primary N) is 1. The first-order valence-corrected chi connectivity index (χ1v) is 9.94. The van der Waals surface area contributed by atoms with Gasteiger partial charge in [0.15, 0.2) is 0 Å². The van der Waals surface area contributed by atoms with E-state index in [9.17, 15) is 27.2 Å². The van der Waals surface area contributed by atoms with Gasteiger partial charge in [0.05, 0.1) is 41.4 Å². The molecule has 0 saturated heterocycles. The summed E-state index contributed by atoms with van der Waals surface area (Å²) in [5, 5.41) is 2.39. The molecule has 0 aliphatic heterocycles. The van der Waals surface area contributed by atoms with Gasteiger partial charge in [-0.3, -0.25) is 19.6 Å². The number of hydrogen-bond acceptors (Lipinski definition) is 6. The Hall–Kier alpha value is -4.09. The lowest BCUT2D eigenvalue weighted by atomic mass is 10.1. The zero-order valence-corrected chi connectivity index (χ0v) is 18.1. The molecule has 0 radical (unpaired) electrons. The van der Waals surface area contributed by atoms with Crippen LogP contribution in [-0.2, 0) is 22.3 Å². The van der Waals surface area contributed by atoms with Crippen LogP contribution in [0.2, 0.25) is 0 Å². The Balaban J connectivity index is 1.90. The highest BCUT2D eigenvalue weighted by molar-refractivity contribution is 6.39. The van der Waals surface area contributed by atoms with E-state index < -0.39 is 35.4 Å². The highest BCUT2D eigenvalue weighted by Crippen LogP contribution is 2.29. The quantitative estimate of drug-likeness (QED) is 0.429. The minimum absolute atomic E-state index is 0.0577. The molecule has 3 rings (SSSR count). The zero-order chi connectivity index (χ0) is 25.0. The molecule has 34 heavy (non-hydrogen) atoms. The minimum Gasteiger partial charge on any atom is -0.383 e. The Kier molecular flexibility index (Phi) is 7.08. The van der Waals surface area contributed by atoms with Gasteiger partial charge in [0.2, 0.25) is 0 Å². The van der Waals surface area contributed by atoms with Gasteiger partial charge >= 0.3 is 18.0 Å². The molecule has 0 aliphatic rings. The van der Waals surface area contributed by atoms with Crippen LogP contribution >= 0.6 is 0 Å². The van der Waals surface area contributed by atoms with E-state index in [1.807, 2.05) is 0 Å². The van der Waals surface area contributed by atoms with E-state index in [0.717, 1.165) is 23.1 Å². The number of pyridine rings is 3. The standard InChI is InChI=1S/C22H20F4N6O2/c1-12-8-16(10-30-19(12)27)31-20(33)21(34)32(13(2)18-17(23)4-3-7-28-18)11-15-6-5-14(9-29-15)22(24,25)26/h3-10,13H,11H2,1-2H3,(H2,27,30)(H,31,33)/t13-/m0/s1. The average Bonchev–Trinajstić information content (AvgIpc) is 2.79. The van der Waals surface area contributed by atoms with Crippen LogP contribution in [0.3, 0.4) is 0 Å². The lowest BCUT2D eigenvalue weighted by Gasteiger charge is -2.28. The van der Waals surface area contributed by atoms with Crippen molar-refractivity contribution in [2.45, 2.75) is 32.6 Å². The molecule has 8 nitrogen and oxygen atoms in total. The van der Waals surface area contributed by atoms with E-state index in [0.29, 0.717) is 11.8 Å². The fraction of sp³-hybridized carbons (Fsp3) is 0.227. The van der Waals surface area contributed by atoms with Gasteiger partial charge in [-0.05, 0) is 49.7 Å². The fourth-order valence-corrected chi connectivity index (χ4v) is 3.07. The van der Waals surface area contributed by atoms with Gasteiger partial charge in [0.25, 0.3) is 0 Å². The molecule has 178 valence electrons. The Morgan fingerprint density at radius 3 is 2.47 bits per heavy atom. The Morgan fingerprint density at radius 1 is 1.15 bits per heavy atom. The first kappa shape index (κ1) is 24.6. The fourth-order valence-electron chi connectivity index (χ4n) is 3.07. The van der Waals surface area contributed by atoms with Crippen LogP contribution in [0.1, 0.15) is 35.5 Å². The first-order valence-electron chi connectivity index (χ1n) is 9.94. The maximum absolute atomic E-state index is 14.4. The predicted octanol–water partition coefficient (Wildman–Crippen LogP) is 3.65. The predicted molar refractivity (Wildman–Crippen MR) is 114 cm³/mol. The normalized spacial score (nSPS) is 12.2. The SMILES string of the molecule is Cc1cc(NC(=O)C(=O)N(Cc2ccc(C(F)(F)F)cn2)[C@@H](C)c2ncccc2F)cnc1N. The van der Waals surface area contributed by atoms with Crippen molar-refractivity contribution in [1.29, 1.82) is 0 Å². The first-order chi connectivity index (χ1) is 16.0. The maximum atomic E-state index is 14.4. The zero-order valence-electron chi connectivity index (χ0n) is 18.1. The molecular weight excluding hydrogens is 456 g/mol. The minimum atomic E-state index is -4.59. The van der Waals surface area contributed by atoms with Crippen molar-refractivity contribution in [1.82, 2.24) is 19.9 Å². The molecule has 0 fully saturated rings. The summed E-state index contributed by atoms with van der Waals surface area (Å²) in [6, 6.07) is 4.85. The molecule has 1 atom stereocenters. The summed E-state index contributed by atoms with van der Waals surface area (Å²) in [6.07, 6.45) is -1.39. The number of nitrogen functional groups attached to an aromatic ring is 1. The number of nitrogens with zero attached hydrogens (tertiary/aromatic N) is 4. The van der Waals surface area contributed by atoms with E-state index >= 15 is 0 Å². The van der Waals surface area contributed by atoms with Crippen molar-refractivity contribution in [2.24, 2.45) is 0 Å². The lowest BCUT2D eigenvalue weighted by Crippen LogP contribution is -2.41. The van der Waals surface area contributed by atoms with Crippen molar-refractivity contribution in [3.05, 3.63) is 77.3 Å². The number of alkyl halides is 3. The summed E-state index contributed by atoms with van der Waals surface area (Å²) in [4.78, 5) is 38.3. The van der Waals surface area contributed by atoms with Crippen LogP contribution in [0.5, 0.6) is 0 Å². The topological polar surface area (TPSA) is 114 Å². The highest BCUT2D eigenvalue weighted by Gasteiger charge is 2.32. The Bertz CT molecular complexity index is 1200. The summed E-state index contributed by atoms with van der Waals surface area (Å²) < 4.78 is 52.9. The summed E-state index contributed by atoms with van der Waals surface area (Å²) in [5.41, 5.74) is 5.39. The molecular formula is C22H20F4N6O2.